The van der Waals surface area contributed by atoms with E-state index in [1.54, 1.807) is 12.0 Å². The predicted octanol–water partition coefficient (Wildman–Crippen LogP) is 2.88. The van der Waals surface area contributed by atoms with Gasteiger partial charge in [0, 0.05) is 49.2 Å². The Bertz CT molecular complexity index is 1180. The number of nitrogens with zero attached hydrogens (tertiary/aromatic N) is 2. The van der Waals surface area contributed by atoms with Gasteiger partial charge in [0.2, 0.25) is 15.9 Å². The molecule has 31 heavy (non-hydrogen) atoms. The minimum atomic E-state index is -3.21. The van der Waals surface area contributed by atoms with Crippen molar-refractivity contribution < 1.29 is 17.9 Å². The second-order valence-electron chi connectivity index (χ2n) is 7.80. The van der Waals surface area contributed by atoms with Crippen LogP contribution < -0.4 is 4.74 Å². The molecule has 1 aliphatic rings. The number of carbonyl (C=O) groups excluding carboxylic acids is 1. The van der Waals surface area contributed by atoms with Crippen LogP contribution in [0.3, 0.4) is 0 Å². The number of methoxy groups -OCH3 is 1. The van der Waals surface area contributed by atoms with Crippen LogP contribution in [-0.4, -0.2) is 68.1 Å². The molecule has 0 saturated carbocycles. The van der Waals surface area contributed by atoms with E-state index in [0.29, 0.717) is 39.0 Å². The fourth-order valence-corrected chi connectivity index (χ4v) is 4.95. The largest absolute Gasteiger partial charge is 0.497 e. The molecule has 1 N–H and O–H groups in total. The molecule has 0 atom stereocenters. The van der Waals surface area contributed by atoms with Gasteiger partial charge in [-0.25, -0.2) is 8.42 Å². The number of aromatic nitrogens is 1. The number of piperazine rings is 1. The van der Waals surface area contributed by atoms with E-state index in [9.17, 15) is 13.2 Å². The zero-order valence-electron chi connectivity index (χ0n) is 17.8. The monoisotopic (exact) mass is 441 g/mol. The molecule has 0 unspecified atom stereocenters. The van der Waals surface area contributed by atoms with Gasteiger partial charge in [0.25, 0.3) is 0 Å². The number of sulfonamides is 1. The van der Waals surface area contributed by atoms with Crippen LogP contribution >= 0.6 is 0 Å². The maximum atomic E-state index is 12.8. The van der Waals surface area contributed by atoms with Crippen LogP contribution in [0.4, 0.5) is 0 Å². The van der Waals surface area contributed by atoms with Crippen molar-refractivity contribution in [3.05, 3.63) is 54.1 Å². The minimum Gasteiger partial charge on any atom is -0.497 e. The van der Waals surface area contributed by atoms with Gasteiger partial charge in [0.1, 0.15) is 5.75 Å². The molecule has 0 radical (unpaired) electrons. The third-order valence-electron chi connectivity index (χ3n) is 5.84. The second-order valence-corrected chi connectivity index (χ2v) is 9.78. The summed E-state index contributed by atoms with van der Waals surface area (Å²) in [6, 6.07) is 16.0. The van der Waals surface area contributed by atoms with Crippen molar-refractivity contribution in [1.82, 2.24) is 14.2 Å². The van der Waals surface area contributed by atoms with E-state index in [0.717, 1.165) is 33.5 Å². The average Bonchev–Trinajstić information content (AvgIpc) is 3.15. The third kappa shape index (κ3) is 4.60. The lowest BCUT2D eigenvalue weighted by molar-refractivity contribution is -0.132. The van der Waals surface area contributed by atoms with Gasteiger partial charge in [0.05, 0.1) is 13.4 Å². The summed E-state index contributed by atoms with van der Waals surface area (Å²) < 4.78 is 30.1. The smallest absolute Gasteiger partial charge is 0.222 e. The normalized spacial score (nSPS) is 15.4. The maximum absolute atomic E-state index is 12.8. The summed E-state index contributed by atoms with van der Waals surface area (Å²) in [6.07, 6.45) is 2.20. The molecule has 7 nitrogen and oxygen atoms in total. The molecule has 1 amide bonds. The third-order valence-corrected chi connectivity index (χ3v) is 7.14. The number of benzene rings is 2. The van der Waals surface area contributed by atoms with E-state index in [2.05, 4.69) is 11.1 Å². The summed E-state index contributed by atoms with van der Waals surface area (Å²) in [5.74, 6) is 0.851. The van der Waals surface area contributed by atoms with Crippen molar-refractivity contribution in [2.45, 2.75) is 12.8 Å². The first-order chi connectivity index (χ1) is 14.9. The molecule has 1 aromatic heterocycles. The van der Waals surface area contributed by atoms with Crippen LogP contribution in [0.5, 0.6) is 5.75 Å². The van der Waals surface area contributed by atoms with E-state index < -0.39 is 10.0 Å². The highest BCUT2D eigenvalue weighted by atomic mass is 32.2. The van der Waals surface area contributed by atoms with E-state index in [-0.39, 0.29) is 5.91 Å². The van der Waals surface area contributed by atoms with Crippen LogP contribution in [0.2, 0.25) is 0 Å². The quantitative estimate of drug-likeness (QED) is 0.638. The van der Waals surface area contributed by atoms with Crippen LogP contribution in [0.1, 0.15) is 12.0 Å². The number of amides is 1. The zero-order valence-corrected chi connectivity index (χ0v) is 18.6. The lowest BCUT2D eigenvalue weighted by atomic mass is 10.0. The Morgan fingerprint density at radius 3 is 2.35 bits per heavy atom. The number of aryl methyl sites for hydroxylation is 1. The molecule has 2 aromatic carbocycles. The van der Waals surface area contributed by atoms with Gasteiger partial charge in [0.15, 0.2) is 0 Å². The zero-order chi connectivity index (χ0) is 22.0. The molecule has 0 aliphatic carbocycles. The van der Waals surface area contributed by atoms with Gasteiger partial charge in [-0.3, -0.25) is 4.79 Å². The number of fused-ring (bicyclic) bond motifs is 1. The Labute approximate surface area is 182 Å². The number of H-pyrrole nitrogens is 1. The molecule has 164 valence electrons. The van der Waals surface area contributed by atoms with Gasteiger partial charge in [-0.05, 0) is 47.9 Å². The van der Waals surface area contributed by atoms with E-state index in [1.165, 1.54) is 10.6 Å². The van der Waals surface area contributed by atoms with Gasteiger partial charge in [-0.15, -0.1) is 0 Å². The van der Waals surface area contributed by atoms with Crippen LogP contribution in [0.25, 0.3) is 22.2 Å². The maximum Gasteiger partial charge on any atom is 0.222 e. The summed E-state index contributed by atoms with van der Waals surface area (Å²) in [6.45, 7) is 1.58. The number of aromatic amines is 1. The topological polar surface area (TPSA) is 82.7 Å². The Hall–Kier alpha value is -2.84. The van der Waals surface area contributed by atoms with Crippen molar-refractivity contribution in [1.29, 1.82) is 0 Å². The molecule has 0 bridgehead atoms. The summed E-state index contributed by atoms with van der Waals surface area (Å²) in [5, 5.41) is 1.11. The van der Waals surface area contributed by atoms with Gasteiger partial charge in [-0.2, -0.15) is 4.31 Å². The van der Waals surface area contributed by atoms with Crippen molar-refractivity contribution in [2.75, 3.05) is 39.5 Å². The molecule has 1 fully saturated rings. The van der Waals surface area contributed by atoms with Crippen molar-refractivity contribution in [2.24, 2.45) is 0 Å². The molecule has 0 spiro atoms. The Kier molecular flexibility index (Phi) is 6.02. The number of hydrogen-bond donors (Lipinski definition) is 1. The van der Waals surface area contributed by atoms with Crippen LogP contribution in [-0.2, 0) is 21.2 Å². The highest BCUT2D eigenvalue weighted by Crippen LogP contribution is 2.32. The Morgan fingerprint density at radius 1 is 1.03 bits per heavy atom. The standard InChI is InChI=1S/C23H27N3O4S/c1-30-18-9-7-17(8-10-18)23-20(19-5-3-4-6-21(19)24-23)11-12-22(27)25-13-15-26(16-14-25)31(2,28)29/h3-10,24H,11-16H2,1-2H3. The highest BCUT2D eigenvalue weighted by molar-refractivity contribution is 7.88. The van der Waals surface area contributed by atoms with Crippen molar-refractivity contribution >= 4 is 26.8 Å². The fraction of sp³-hybridized carbons (Fsp3) is 0.348. The molecule has 4 rings (SSSR count). The lowest BCUT2D eigenvalue weighted by Gasteiger charge is -2.33. The first-order valence-corrected chi connectivity index (χ1v) is 12.2. The predicted molar refractivity (Wildman–Crippen MR) is 122 cm³/mol. The molecule has 2 heterocycles. The Balaban J connectivity index is 1.52. The second kappa shape index (κ2) is 8.72. The van der Waals surface area contributed by atoms with E-state index in [1.807, 2.05) is 42.5 Å². The van der Waals surface area contributed by atoms with Crippen molar-refractivity contribution in [3.8, 4) is 17.0 Å². The summed E-state index contributed by atoms with van der Waals surface area (Å²) >= 11 is 0. The minimum absolute atomic E-state index is 0.0547. The van der Waals surface area contributed by atoms with E-state index >= 15 is 0 Å². The van der Waals surface area contributed by atoms with Gasteiger partial charge in [-0.1, -0.05) is 18.2 Å². The first-order valence-electron chi connectivity index (χ1n) is 10.3. The molecule has 1 saturated heterocycles. The SMILES string of the molecule is COc1ccc(-c2[nH]c3ccccc3c2CCC(=O)N2CCN(S(C)(=O)=O)CC2)cc1. The van der Waals surface area contributed by atoms with Crippen LogP contribution in [0.15, 0.2) is 48.5 Å². The van der Waals surface area contributed by atoms with Crippen LogP contribution in [0, 0.1) is 0 Å². The first kappa shape index (κ1) is 21.4. The summed E-state index contributed by atoms with van der Waals surface area (Å²) in [7, 11) is -1.56. The van der Waals surface area contributed by atoms with Gasteiger partial charge >= 0.3 is 0 Å². The van der Waals surface area contributed by atoms with Crippen molar-refractivity contribution in [3.63, 3.8) is 0 Å². The molecular formula is C23H27N3O4S. The number of hydrogen-bond acceptors (Lipinski definition) is 4. The molecule has 8 heteroatoms. The van der Waals surface area contributed by atoms with Gasteiger partial charge < -0.3 is 14.6 Å². The number of ether oxygens (including phenoxy) is 1. The van der Waals surface area contributed by atoms with E-state index in [4.69, 9.17) is 4.74 Å². The number of nitrogens with one attached hydrogen (secondary N) is 1. The number of rotatable bonds is 6. The fourth-order valence-electron chi connectivity index (χ4n) is 4.12. The number of carbonyl (C=O) groups is 1. The Morgan fingerprint density at radius 2 is 1.71 bits per heavy atom. The summed E-state index contributed by atoms with van der Waals surface area (Å²) in [5.41, 5.74) is 4.21. The average molecular weight is 442 g/mol. The lowest BCUT2D eigenvalue weighted by Crippen LogP contribution is -2.50. The number of para-hydroxylation sites is 1. The molecular weight excluding hydrogens is 414 g/mol. The summed E-state index contributed by atoms with van der Waals surface area (Å²) in [4.78, 5) is 18.1. The molecule has 1 aliphatic heterocycles. The molecule has 3 aromatic rings. The highest BCUT2D eigenvalue weighted by Gasteiger charge is 2.26.